The molecule has 0 saturated heterocycles. The summed E-state index contributed by atoms with van der Waals surface area (Å²) in [5.41, 5.74) is 1.50. The van der Waals surface area contributed by atoms with Crippen molar-refractivity contribution < 1.29 is 9.21 Å². The summed E-state index contributed by atoms with van der Waals surface area (Å²) in [5, 5.41) is 10.1. The van der Waals surface area contributed by atoms with Crippen LogP contribution in [0.1, 0.15) is 15.9 Å². The first-order chi connectivity index (χ1) is 15.2. The van der Waals surface area contributed by atoms with E-state index in [4.69, 9.17) is 16.0 Å². The summed E-state index contributed by atoms with van der Waals surface area (Å²) in [4.78, 5) is 18.0. The molecule has 0 aliphatic heterocycles. The molecular weight excluding hydrogens is 412 g/mol. The lowest BCUT2D eigenvalue weighted by atomic mass is 10.0. The van der Waals surface area contributed by atoms with Crippen molar-refractivity contribution in [2.75, 3.05) is 5.32 Å². The standard InChI is InChI=1S/C24H17ClN4O2/c25-18-9-3-6-16(14-18)15-26-24-27-22(21-12-5-13-31-21)28-29(24)23(30)20-11-4-8-17-7-1-2-10-19(17)20/h1-14H,15H2,(H,26,27,28). The van der Waals surface area contributed by atoms with E-state index in [0.717, 1.165) is 16.3 Å². The van der Waals surface area contributed by atoms with E-state index < -0.39 is 0 Å². The number of hydrogen-bond acceptors (Lipinski definition) is 5. The van der Waals surface area contributed by atoms with Gasteiger partial charge in [0.15, 0.2) is 5.76 Å². The van der Waals surface area contributed by atoms with Gasteiger partial charge in [-0.1, -0.05) is 60.1 Å². The molecule has 7 heteroatoms. The maximum Gasteiger partial charge on any atom is 0.282 e. The fourth-order valence-electron chi connectivity index (χ4n) is 3.43. The third kappa shape index (κ3) is 3.81. The Kier molecular flexibility index (Phi) is 4.98. The van der Waals surface area contributed by atoms with Crippen LogP contribution in [0, 0.1) is 0 Å². The predicted octanol–water partition coefficient (Wildman–Crippen LogP) is 5.65. The number of nitrogens with one attached hydrogen (secondary N) is 1. The number of nitrogens with zero attached hydrogens (tertiary/aromatic N) is 3. The number of rotatable bonds is 5. The molecule has 31 heavy (non-hydrogen) atoms. The summed E-state index contributed by atoms with van der Waals surface area (Å²) in [6.07, 6.45) is 1.54. The molecule has 3 aromatic carbocycles. The molecule has 0 amide bonds. The average molecular weight is 429 g/mol. The van der Waals surface area contributed by atoms with Crippen molar-refractivity contribution in [1.82, 2.24) is 14.8 Å². The zero-order valence-corrected chi connectivity index (χ0v) is 17.1. The normalized spacial score (nSPS) is 11.0. The maximum atomic E-state index is 13.5. The highest BCUT2D eigenvalue weighted by atomic mass is 35.5. The van der Waals surface area contributed by atoms with Crippen molar-refractivity contribution in [3.8, 4) is 11.6 Å². The molecule has 0 unspecified atom stereocenters. The number of hydrogen-bond donors (Lipinski definition) is 1. The quantitative estimate of drug-likeness (QED) is 0.392. The molecular formula is C24H17ClN4O2. The number of carbonyl (C=O) groups is 1. The molecule has 0 aliphatic carbocycles. The van der Waals surface area contributed by atoms with Crippen LogP contribution >= 0.6 is 11.6 Å². The fourth-order valence-corrected chi connectivity index (χ4v) is 3.65. The van der Waals surface area contributed by atoms with Crippen LogP contribution in [0.25, 0.3) is 22.4 Å². The van der Waals surface area contributed by atoms with Gasteiger partial charge in [0.1, 0.15) is 0 Å². The number of halogens is 1. The van der Waals surface area contributed by atoms with Crippen molar-refractivity contribution in [1.29, 1.82) is 0 Å². The second-order valence-electron chi connectivity index (χ2n) is 6.96. The third-order valence-electron chi connectivity index (χ3n) is 4.90. The molecule has 0 atom stereocenters. The van der Waals surface area contributed by atoms with Crippen molar-refractivity contribution >= 4 is 34.2 Å². The Balaban J connectivity index is 1.55. The zero-order chi connectivity index (χ0) is 21.2. The van der Waals surface area contributed by atoms with Gasteiger partial charge in [-0.25, -0.2) is 0 Å². The zero-order valence-electron chi connectivity index (χ0n) is 16.3. The van der Waals surface area contributed by atoms with Gasteiger partial charge in [-0.2, -0.15) is 9.67 Å². The Morgan fingerprint density at radius 2 is 1.84 bits per heavy atom. The van der Waals surface area contributed by atoms with Crippen molar-refractivity contribution in [2.45, 2.75) is 6.54 Å². The van der Waals surface area contributed by atoms with Gasteiger partial charge >= 0.3 is 0 Å². The minimum absolute atomic E-state index is 0.282. The second-order valence-corrected chi connectivity index (χ2v) is 7.40. The third-order valence-corrected chi connectivity index (χ3v) is 5.14. The molecule has 0 radical (unpaired) electrons. The van der Waals surface area contributed by atoms with Crippen molar-refractivity contribution in [2.24, 2.45) is 0 Å². The Labute approximate surface area is 183 Å². The topological polar surface area (TPSA) is 73.0 Å². The Morgan fingerprint density at radius 3 is 2.68 bits per heavy atom. The summed E-state index contributed by atoms with van der Waals surface area (Å²) in [6.45, 7) is 0.430. The van der Waals surface area contributed by atoms with Gasteiger partial charge < -0.3 is 9.73 Å². The van der Waals surface area contributed by atoms with E-state index in [1.165, 1.54) is 4.68 Å². The lowest BCUT2D eigenvalue weighted by Gasteiger charge is -2.09. The monoisotopic (exact) mass is 428 g/mol. The number of aromatic nitrogens is 3. The van der Waals surface area contributed by atoms with Crippen LogP contribution < -0.4 is 5.32 Å². The van der Waals surface area contributed by atoms with Crippen LogP contribution in [-0.4, -0.2) is 20.7 Å². The number of furan rings is 1. The summed E-state index contributed by atoms with van der Waals surface area (Å²) in [7, 11) is 0. The van der Waals surface area contributed by atoms with Crippen LogP contribution in [0.15, 0.2) is 89.5 Å². The summed E-state index contributed by atoms with van der Waals surface area (Å²) in [5.74, 6) is 0.850. The summed E-state index contributed by atoms with van der Waals surface area (Å²) < 4.78 is 6.71. The van der Waals surface area contributed by atoms with E-state index in [1.807, 2.05) is 60.7 Å². The molecule has 2 aromatic heterocycles. The first-order valence-corrected chi connectivity index (χ1v) is 10.1. The predicted molar refractivity (Wildman–Crippen MR) is 120 cm³/mol. The Morgan fingerprint density at radius 1 is 1.00 bits per heavy atom. The second kappa shape index (κ2) is 8.08. The molecule has 2 heterocycles. The van der Waals surface area contributed by atoms with Crippen LogP contribution in [-0.2, 0) is 6.54 Å². The molecule has 5 aromatic rings. The summed E-state index contributed by atoms with van der Waals surface area (Å²) in [6, 6.07) is 24.4. The lowest BCUT2D eigenvalue weighted by Crippen LogP contribution is -2.18. The molecule has 1 N–H and O–H groups in total. The van der Waals surface area contributed by atoms with Gasteiger partial charge in [0.25, 0.3) is 5.91 Å². The molecule has 6 nitrogen and oxygen atoms in total. The molecule has 152 valence electrons. The van der Waals surface area contributed by atoms with E-state index >= 15 is 0 Å². The highest BCUT2D eigenvalue weighted by Gasteiger charge is 2.21. The Hall–Kier alpha value is -3.90. The van der Waals surface area contributed by atoms with Crippen LogP contribution in [0.2, 0.25) is 5.02 Å². The highest BCUT2D eigenvalue weighted by Crippen LogP contribution is 2.23. The molecule has 0 spiro atoms. The maximum absolute atomic E-state index is 13.5. The van der Waals surface area contributed by atoms with Gasteiger partial charge in [-0.15, -0.1) is 5.10 Å². The fraction of sp³-hybridized carbons (Fsp3) is 0.0417. The smallest absolute Gasteiger partial charge is 0.282 e. The van der Waals surface area contributed by atoms with E-state index in [2.05, 4.69) is 15.4 Å². The molecule has 5 rings (SSSR count). The number of carbonyl (C=O) groups excluding carboxylic acids is 1. The molecule has 0 fully saturated rings. The average Bonchev–Trinajstić information content (AvgIpc) is 3.47. The first kappa shape index (κ1) is 19.1. The van der Waals surface area contributed by atoms with E-state index in [-0.39, 0.29) is 5.91 Å². The number of fused-ring (bicyclic) bond motifs is 1. The Bertz CT molecular complexity index is 1370. The summed E-state index contributed by atoms with van der Waals surface area (Å²) >= 11 is 6.09. The van der Waals surface area contributed by atoms with Crippen LogP contribution in [0.5, 0.6) is 0 Å². The van der Waals surface area contributed by atoms with Crippen LogP contribution in [0.4, 0.5) is 5.95 Å². The van der Waals surface area contributed by atoms with E-state index in [1.54, 1.807) is 24.5 Å². The molecule has 0 saturated carbocycles. The SMILES string of the molecule is O=C(c1cccc2ccccc12)n1nc(-c2ccco2)nc1NCc1cccc(Cl)c1. The minimum atomic E-state index is -0.282. The van der Waals surface area contributed by atoms with Crippen molar-refractivity contribution in [3.05, 3.63) is 101 Å². The minimum Gasteiger partial charge on any atom is -0.461 e. The van der Waals surface area contributed by atoms with Gasteiger partial charge in [0.2, 0.25) is 11.8 Å². The van der Waals surface area contributed by atoms with Crippen LogP contribution in [0.3, 0.4) is 0 Å². The molecule has 0 aliphatic rings. The van der Waals surface area contributed by atoms with Crippen molar-refractivity contribution in [3.63, 3.8) is 0 Å². The van der Waals surface area contributed by atoms with Gasteiger partial charge in [0.05, 0.1) is 6.26 Å². The van der Waals surface area contributed by atoms with E-state index in [9.17, 15) is 4.79 Å². The van der Waals surface area contributed by atoms with Gasteiger partial charge in [-0.3, -0.25) is 4.79 Å². The number of benzene rings is 3. The lowest BCUT2D eigenvalue weighted by molar-refractivity contribution is 0.0949. The van der Waals surface area contributed by atoms with Gasteiger partial charge in [-0.05, 0) is 46.7 Å². The number of anilines is 1. The highest BCUT2D eigenvalue weighted by molar-refractivity contribution is 6.30. The van der Waals surface area contributed by atoms with Gasteiger partial charge in [0, 0.05) is 17.1 Å². The first-order valence-electron chi connectivity index (χ1n) is 9.71. The molecule has 0 bridgehead atoms. The largest absolute Gasteiger partial charge is 0.461 e. The van der Waals surface area contributed by atoms with E-state index in [0.29, 0.717) is 34.7 Å².